The van der Waals surface area contributed by atoms with Gasteiger partial charge in [0.25, 0.3) is 0 Å². The topological polar surface area (TPSA) is 35.2 Å². The molecule has 0 aliphatic carbocycles. The maximum atomic E-state index is 14.0. The van der Waals surface area contributed by atoms with Gasteiger partial charge in [0.2, 0.25) is 0 Å². The highest BCUT2D eigenvalue weighted by Crippen LogP contribution is 2.21. The van der Waals surface area contributed by atoms with Crippen LogP contribution in [0.5, 0.6) is 5.75 Å². The molecular formula is C16H16F3NO. The molecule has 5 heteroatoms. The van der Waals surface area contributed by atoms with E-state index in [1.54, 1.807) is 12.1 Å². The van der Waals surface area contributed by atoms with Crippen molar-refractivity contribution in [1.29, 1.82) is 0 Å². The largest absolute Gasteiger partial charge is 0.494 e. The van der Waals surface area contributed by atoms with Crippen molar-refractivity contribution >= 4 is 0 Å². The Morgan fingerprint density at radius 3 is 2.43 bits per heavy atom. The minimum absolute atomic E-state index is 0.146. The van der Waals surface area contributed by atoms with Gasteiger partial charge in [-0.1, -0.05) is 18.2 Å². The second kappa shape index (κ2) is 6.63. The number of hydrogen-bond donors (Lipinski definition) is 1. The Kier molecular flexibility index (Phi) is 4.85. The normalized spacial score (nSPS) is 12.2. The number of methoxy groups -OCH3 is 1. The van der Waals surface area contributed by atoms with Gasteiger partial charge in [-0.05, 0) is 36.1 Å². The van der Waals surface area contributed by atoms with E-state index < -0.39 is 23.5 Å². The smallest absolute Gasteiger partial charge is 0.168 e. The van der Waals surface area contributed by atoms with Crippen LogP contribution in [0.3, 0.4) is 0 Å². The lowest BCUT2D eigenvalue weighted by molar-refractivity contribution is 0.383. The highest BCUT2D eigenvalue weighted by Gasteiger charge is 2.14. The number of hydrogen-bond acceptors (Lipinski definition) is 2. The zero-order valence-electron chi connectivity index (χ0n) is 11.6. The third-order valence-corrected chi connectivity index (χ3v) is 3.24. The van der Waals surface area contributed by atoms with Crippen LogP contribution in [0.25, 0.3) is 0 Å². The summed E-state index contributed by atoms with van der Waals surface area (Å²) < 4.78 is 45.3. The monoisotopic (exact) mass is 295 g/mol. The summed E-state index contributed by atoms with van der Waals surface area (Å²) >= 11 is 0. The predicted molar refractivity (Wildman–Crippen MR) is 74.7 cm³/mol. The standard InChI is InChI=1S/C16H16F3NO/c1-21-15-4-2-3-11(16(15)19)8-13(20)7-10-5-6-12(17)9-14(10)18/h2-6,9,13H,7-8,20H2,1H3. The van der Waals surface area contributed by atoms with Gasteiger partial charge in [0, 0.05) is 12.1 Å². The molecule has 2 N–H and O–H groups in total. The molecule has 0 saturated heterocycles. The summed E-state index contributed by atoms with van der Waals surface area (Å²) in [6.45, 7) is 0. The maximum absolute atomic E-state index is 14.0. The van der Waals surface area contributed by atoms with Crippen LogP contribution in [-0.4, -0.2) is 13.2 Å². The van der Waals surface area contributed by atoms with Crippen molar-refractivity contribution in [3.63, 3.8) is 0 Å². The molecule has 0 aromatic heterocycles. The van der Waals surface area contributed by atoms with Crippen molar-refractivity contribution in [2.24, 2.45) is 5.73 Å². The molecule has 1 atom stereocenters. The van der Waals surface area contributed by atoms with E-state index in [0.717, 1.165) is 6.07 Å². The lowest BCUT2D eigenvalue weighted by Gasteiger charge is -2.14. The molecule has 2 aromatic carbocycles. The molecule has 0 fully saturated rings. The van der Waals surface area contributed by atoms with E-state index in [-0.39, 0.29) is 18.6 Å². The van der Waals surface area contributed by atoms with Gasteiger partial charge in [-0.15, -0.1) is 0 Å². The van der Waals surface area contributed by atoms with Crippen LogP contribution in [0.1, 0.15) is 11.1 Å². The summed E-state index contributed by atoms with van der Waals surface area (Å²) in [4.78, 5) is 0. The third kappa shape index (κ3) is 3.76. The maximum Gasteiger partial charge on any atom is 0.168 e. The van der Waals surface area contributed by atoms with Crippen molar-refractivity contribution in [1.82, 2.24) is 0 Å². The Labute approximate surface area is 121 Å². The SMILES string of the molecule is COc1cccc(CC(N)Cc2ccc(F)cc2F)c1F. The fourth-order valence-electron chi connectivity index (χ4n) is 2.20. The van der Waals surface area contributed by atoms with E-state index in [4.69, 9.17) is 10.5 Å². The van der Waals surface area contributed by atoms with Gasteiger partial charge in [0.1, 0.15) is 11.6 Å². The Hall–Kier alpha value is -2.01. The van der Waals surface area contributed by atoms with Crippen molar-refractivity contribution in [2.75, 3.05) is 7.11 Å². The zero-order valence-corrected chi connectivity index (χ0v) is 11.6. The van der Waals surface area contributed by atoms with Crippen LogP contribution < -0.4 is 10.5 Å². The second-order valence-electron chi connectivity index (χ2n) is 4.84. The molecule has 112 valence electrons. The first-order valence-electron chi connectivity index (χ1n) is 6.52. The lowest BCUT2D eigenvalue weighted by Crippen LogP contribution is -2.26. The number of ether oxygens (including phenoxy) is 1. The van der Waals surface area contributed by atoms with E-state index in [2.05, 4.69) is 0 Å². The first-order valence-corrected chi connectivity index (χ1v) is 6.52. The highest BCUT2D eigenvalue weighted by molar-refractivity contribution is 5.32. The van der Waals surface area contributed by atoms with E-state index in [9.17, 15) is 13.2 Å². The average molecular weight is 295 g/mol. The van der Waals surface area contributed by atoms with Crippen molar-refractivity contribution in [2.45, 2.75) is 18.9 Å². The number of rotatable bonds is 5. The Bertz CT molecular complexity index is 631. The zero-order chi connectivity index (χ0) is 15.4. The van der Waals surface area contributed by atoms with Crippen LogP contribution in [0.2, 0.25) is 0 Å². The molecular weight excluding hydrogens is 279 g/mol. The molecule has 2 nitrogen and oxygen atoms in total. The van der Waals surface area contributed by atoms with Crippen LogP contribution >= 0.6 is 0 Å². The van der Waals surface area contributed by atoms with Gasteiger partial charge in [-0.25, -0.2) is 13.2 Å². The van der Waals surface area contributed by atoms with Gasteiger partial charge >= 0.3 is 0 Å². The molecule has 21 heavy (non-hydrogen) atoms. The minimum Gasteiger partial charge on any atom is -0.494 e. The first kappa shape index (κ1) is 15.4. The Morgan fingerprint density at radius 1 is 1.05 bits per heavy atom. The molecule has 0 heterocycles. The quantitative estimate of drug-likeness (QED) is 0.919. The van der Waals surface area contributed by atoms with Gasteiger partial charge < -0.3 is 10.5 Å². The Morgan fingerprint density at radius 2 is 1.76 bits per heavy atom. The van der Waals surface area contributed by atoms with Gasteiger partial charge in [0.15, 0.2) is 11.6 Å². The fraction of sp³-hybridized carbons (Fsp3) is 0.250. The van der Waals surface area contributed by atoms with Crippen molar-refractivity contribution < 1.29 is 17.9 Å². The molecule has 0 aliphatic heterocycles. The molecule has 2 rings (SSSR count). The molecule has 1 unspecified atom stereocenters. The minimum atomic E-state index is -0.642. The summed E-state index contributed by atoms with van der Waals surface area (Å²) in [6, 6.07) is 7.66. The molecule has 0 saturated carbocycles. The number of nitrogens with two attached hydrogens (primary N) is 1. The van der Waals surface area contributed by atoms with E-state index in [1.165, 1.54) is 25.3 Å². The molecule has 2 aromatic rings. The summed E-state index contributed by atoms with van der Waals surface area (Å²) in [5.41, 5.74) is 6.66. The average Bonchev–Trinajstić information content (AvgIpc) is 2.44. The number of benzene rings is 2. The molecule has 0 spiro atoms. The van der Waals surface area contributed by atoms with E-state index in [1.807, 2.05) is 0 Å². The van der Waals surface area contributed by atoms with Crippen LogP contribution in [0.4, 0.5) is 13.2 Å². The molecule has 0 bridgehead atoms. The fourth-order valence-corrected chi connectivity index (χ4v) is 2.20. The Balaban J connectivity index is 2.10. The van der Waals surface area contributed by atoms with Crippen molar-refractivity contribution in [3.8, 4) is 5.75 Å². The van der Waals surface area contributed by atoms with E-state index >= 15 is 0 Å². The van der Waals surface area contributed by atoms with E-state index in [0.29, 0.717) is 11.1 Å². The summed E-state index contributed by atoms with van der Waals surface area (Å²) in [5.74, 6) is -1.59. The third-order valence-electron chi connectivity index (χ3n) is 3.24. The first-order chi connectivity index (χ1) is 10.0. The van der Waals surface area contributed by atoms with Crippen LogP contribution in [0.15, 0.2) is 36.4 Å². The van der Waals surface area contributed by atoms with Crippen molar-refractivity contribution in [3.05, 3.63) is 65.0 Å². The van der Waals surface area contributed by atoms with Crippen LogP contribution in [0, 0.1) is 17.5 Å². The lowest BCUT2D eigenvalue weighted by atomic mass is 9.99. The second-order valence-corrected chi connectivity index (χ2v) is 4.84. The predicted octanol–water partition coefficient (Wildman–Crippen LogP) is 3.23. The van der Waals surface area contributed by atoms with Crippen LogP contribution in [-0.2, 0) is 12.8 Å². The number of halogens is 3. The molecule has 0 aliphatic rings. The van der Waals surface area contributed by atoms with Gasteiger partial charge in [-0.2, -0.15) is 0 Å². The molecule has 0 amide bonds. The molecule has 0 radical (unpaired) electrons. The van der Waals surface area contributed by atoms with Gasteiger partial charge in [-0.3, -0.25) is 0 Å². The van der Waals surface area contributed by atoms with Gasteiger partial charge in [0.05, 0.1) is 7.11 Å². The summed E-state index contributed by atoms with van der Waals surface area (Å²) in [6.07, 6.45) is 0.433. The summed E-state index contributed by atoms with van der Waals surface area (Å²) in [7, 11) is 1.38. The summed E-state index contributed by atoms with van der Waals surface area (Å²) in [5, 5.41) is 0. The highest BCUT2D eigenvalue weighted by atomic mass is 19.1.